The van der Waals surface area contributed by atoms with E-state index in [0.29, 0.717) is 23.9 Å². The Balaban J connectivity index is 1.71. The van der Waals surface area contributed by atoms with Crippen molar-refractivity contribution in [1.82, 2.24) is 5.32 Å². The van der Waals surface area contributed by atoms with E-state index in [9.17, 15) is 9.59 Å². The van der Waals surface area contributed by atoms with E-state index in [2.05, 4.69) is 5.32 Å². The minimum atomic E-state index is -0.582. The monoisotopic (exact) mass is 317 g/mol. The summed E-state index contributed by atoms with van der Waals surface area (Å²) in [5, 5.41) is 3.04. The summed E-state index contributed by atoms with van der Waals surface area (Å²) in [4.78, 5) is 26.3. The number of nitrogens with one attached hydrogen (secondary N) is 1. The van der Waals surface area contributed by atoms with Crippen LogP contribution in [0.25, 0.3) is 0 Å². The van der Waals surface area contributed by atoms with E-state index < -0.39 is 6.10 Å². The van der Waals surface area contributed by atoms with Gasteiger partial charge in [0, 0.05) is 6.04 Å². The van der Waals surface area contributed by atoms with Gasteiger partial charge in [0.15, 0.2) is 6.10 Å². The highest BCUT2D eigenvalue weighted by Gasteiger charge is 2.34. The molecule has 3 unspecified atom stereocenters. The van der Waals surface area contributed by atoms with Gasteiger partial charge in [-0.1, -0.05) is 18.6 Å². The summed E-state index contributed by atoms with van der Waals surface area (Å²) in [6, 6.07) is 7.41. The van der Waals surface area contributed by atoms with Crippen LogP contribution >= 0.6 is 0 Å². The van der Waals surface area contributed by atoms with Gasteiger partial charge >= 0.3 is 0 Å². The Hall–Kier alpha value is -2.08. The van der Waals surface area contributed by atoms with Crippen LogP contribution in [-0.2, 0) is 9.59 Å². The molecule has 23 heavy (non-hydrogen) atoms. The van der Waals surface area contributed by atoms with Gasteiger partial charge in [0.2, 0.25) is 5.91 Å². The Morgan fingerprint density at radius 1 is 1.39 bits per heavy atom. The number of anilines is 1. The Kier molecular flexibility index (Phi) is 4.52. The lowest BCUT2D eigenvalue weighted by molar-refractivity contribution is -0.128. The Labute approximate surface area is 136 Å². The molecule has 1 aliphatic carbocycles. The summed E-state index contributed by atoms with van der Waals surface area (Å²) in [5.74, 6) is 0.631. The standard InChI is InChI=1S/C17H23N3O3/c1-11-17(22)20(14-7-2-3-8-15(14)23-11)10-16(21)19-13-6-4-5-12(13)9-18/h2-3,7-8,11-13H,4-6,9-10,18H2,1H3,(H,19,21). The molecule has 1 aromatic rings. The molecule has 0 saturated heterocycles. The van der Waals surface area contributed by atoms with Crippen molar-refractivity contribution in [3.63, 3.8) is 0 Å². The lowest BCUT2D eigenvalue weighted by atomic mass is 10.0. The molecular formula is C17H23N3O3. The van der Waals surface area contributed by atoms with E-state index in [1.165, 1.54) is 4.90 Å². The minimum Gasteiger partial charge on any atom is -0.479 e. The number of rotatable bonds is 4. The van der Waals surface area contributed by atoms with Crippen LogP contribution in [0.5, 0.6) is 5.75 Å². The molecule has 1 aliphatic heterocycles. The van der Waals surface area contributed by atoms with Gasteiger partial charge in [-0.05, 0) is 44.4 Å². The number of carbonyl (C=O) groups is 2. The minimum absolute atomic E-state index is 0.0112. The Morgan fingerprint density at radius 3 is 2.96 bits per heavy atom. The van der Waals surface area contributed by atoms with Crippen LogP contribution in [0.1, 0.15) is 26.2 Å². The summed E-state index contributed by atoms with van der Waals surface area (Å²) < 4.78 is 5.58. The van der Waals surface area contributed by atoms with E-state index in [-0.39, 0.29) is 24.4 Å². The van der Waals surface area contributed by atoms with E-state index in [0.717, 1.165) is 19.3 Å². The van der Waals surface area contributed by atoms with Crippen molar-refractivity contribution < 1.29 is 14.3 Å². The molecule has 3 N–H and O–H groups in total. The Bertz CT molecular complexity index is 605. The maximum Gasteiger partial charge on any atom is 0.268 e. The number of hydrogen-bond acceptors (Lipinski definition) is 4. The Morgan fingerprint density at radius 2 is 2.17 bits per heavy atom. The maximum atomic E-state index is 12.4. The number of ether oxygens (including phenoxy) is 1. The highest BCUT2D eigenvalue weighted by atomic mass is 16.5. The van der Waals surface area contributed by atoms with Gasteiger partial charge in [0.1, 0.15) is 12.3 Å². The summed E-state index contributed by atoms with van der Waals surface area (Å²) in [7, 11) is 0. The van der Waals surface area contributed by atoms with Gasteiger partial charge in [-0.3, -0.25) is 14.5 Å². The first-order chi connectivity index (χ1) is 11.1. The number of benzene rings is 1. The van der Waals surface area contributed by atoms with Gasteiger partial charge < -0.3 is 15.8 Å². The van der Waals surface area contributed by atoms with Crippen LogP contribution in [0.3, 0.4) is 0 Å². The zero-order valence-corrected chi connectivity index (χ0v) is 13.3. The molecular weight excluding hydrogens is 294 g/mol. The van der Waals surface area contributed by atoms with Crippen molar-refractivity contribution in [3.8, 4) is 5.75 Å². The van der Waals surface area contributed by atoms with Crippen molar-refractivity contribution in [1.29, 1.82) is 0 Å². The molecule has 0 aromatic heterocycles. The van der Waals surface area contributed by atoms with Crippen molar-refractivity contribution in [2.75, 3.05) is 18.0 Å². The van der Waals surface area contributed by atoms with Gasteiger partial charge in [-0.25, -0.2) is 0 Å². The zero-order chi connectivity index (χ0) is 16.4. The molecule has 1 aromatic carbocycles. The van der Waals surface area contributed by atoms with E-state index in [1.807, 2.05) is 18.2 Å². The molecule has 2 aliphatic rings. The lowest BCUT2D eigenvalue weighted by Gasteiger charge is -2.33. The largest absolute Gasteiger partial charge is 0.479 e. The third kappa shape index (κ3) is 3.17. The molecule has 3 atom stereocenters. The highest BCUT2D eigenvalue weighted by molar-refractivity contribution is 6.03. The van der Waals surface area contributed by atoms with Gasteiger partial charge in [0.05, 0.1) is 5.69 Å². The summed E-state index contributed by atoms with van der Waals surface area (Å²) in [6.45, 7) is 2.29. The van der Waals surface area contributed by atoms with Gasteiger partial charge in [-0.15, -0.1) is 0 Å². The SMILES string of the molecule is CC1Oc2ccccc2N(CC(=O)NC2CCCC2CN)C1=O. The second kappa shape index (κ2) is 6.58. The van der Waals surface area contributed by atoms with E-state index >= 15 is 0 Å². The number of hydrogen-bond donors (Lipinski definition) is 2. The fourth-order valence-electron chi connectivity index (χ4n) is 3.43. The topological polar surface area (TPSA) is 84.7 Å². The van der Waals surface area contributed by atoms with Crippen LogP contribution in [0.15, 0.2) is 24.3 Å². The maximum absolute atomic E-state index is 12.4. The van der Waals surface area contributed by atoms with Crippen LogP contribution in [-0.4, -0.2) is 37.0 Å². The van der Waals surface area contributed by atoms with E-state index in [4.69, 9.17) is 10.5 Å². The van der Waals surface area contributed by atoms with Crippen LogP contribution < -0.4 is 20.7 Å². The summed E-state index contributed by atoms with van der Waals surface area (Å²) in [6.07, 6.45) is 2.51. The first kappa shape index (κ1) is 15.8. The predicted molar refractivity (Wildman–Crippen MR) is 87.2 cm³/mol. The third-order valence-corrected chi connectivity index (χ3v) is 4.68. The van der Waals surface area contributed by atoms with Crippen LogP contribution in [0, 0.1) is 5.92 Å². The smallest absolute Gasteiger partial charge is 0.268 e. The predicted octanol–water partition coefficient (Wildman–Crippen LogP) is 1.04. The first-order valence-electron chi connectivity index (χ1n) is 8.16. The normalized spacial score (nSPS) is 26.6. The molecule has 0 spiro atoms. The number of nitrogens with two attached hydrogens (primary N) is 1. The summed E-state index contributed by atoms with van der Waals surface area (Å²) in [5.41, 5.74) is 6.40. The number of carbonyl (C=O) groups excluding carboxylic acids is 2. The third-order valence-electron chi connectivity index (χ3n) is 4.68. The van der Waals surface area contributed by atoms with Crippen LogP contribution in [0.2, 0.25) is 0 Å². The molecule has 0 radical (unpaired) electrons. The quantitative estimate of drug-likeness (QED) is 0.869. The molecule has 3 rings (SSSR count). The van der Waals surface area contributed by atoms with Crippen molar-refractivity contribution in [2.24, 2.45) is 11.7 Å². The lowest BCUT2D eigenvalue weighted by Crippen LogP contribution is -2.50. The fraction of sp³-hybridized carbons (Fsp3) is 0.529. The van der Waals surface area contributed by atoms with Crippen LogP contribution in [0.4, 0.5) is 5.69 Å². The first-order valence-corrected chi connectivity index (χ1v) is 8.16. The average Bonchev–Trinajstić information content (AvgIpc) is 2.98. The van der Waals surface area contributed by atoms with Crippen molar-refractivity contribution in [2.45, 2.75) is 38.3 Å². The average molecular weight is 317 g/mol. The molecule has 0 bridgehead atoms. The number of nitrogens with zero attached hydrogens (tertiary/aromatic N) is 1. The number of para-hydroxylation sites is 2. The van der Waals surface area contributed by atoms with E-state index in [1.54, 1.807) is 13.0 Å². The highest BCUT2D eigenvalue weighted by Crippen LogP contribution is 2.33. The molecule has 124 valence electrons. The molecule has 1 heterocycles. The zero-order valence-electron chi connectivity index (χ0n) is 13.3. The summed E-state index contributed by atoms with van der Waals surface area (Å²) >= 11 is 0. The van der Waals surface area contributed by atoms with Gasteiger partial charge in [0.25, 0.3) is 5.91 Å². The van der Waals surface area contributed by atoms with Crippen molar-refractivity contribution >= 4 is 17.5 Å². The van der Waals surface area contributed by atoms with Crippen molar-refractivity contribution in [3.05, 3.63) is 24.3 Å². The van der Waals surface area contributed by atoms with Gasteiger partial charge in [-0.2, -0.15) is 0 Å². The number of amides is 2. The fourth-order valence-corrected chi connectivity index (χ4v) is 3.43. The second-order valence-corrected chi connectivity index (χ2v) is 6.25. The number of fused-ring (bicyclic) bond motifs is 1. The molecule has 2 amide bonds. The molecule has 6 nitrogen and oxygen atoms in total. The molecule has 1 saturated carbocycles. The molecule has 6 heteroatoms. The molecule has 1 fully saturated rings. The second-order valence-electron chi connectivity index (χ2n) is 6.25.